The summed E-state index contributed by atoms with van der Waals surface area (Å²) in [5.41, 5.74) is -5.11. The van der Waals surface area contributed by atoms with Crippen molar-refractivity contribution in [1.82, 2.24) is 0 Å². The molecule has 0 saturated heterocycles. The van der Waals surface area contributed by atoms with Gasteiger partial charge in [0.2, 0.25) is 0 Å². The van der Waals surface area contributed by atoms with E-state index in [0.29, 0.717) is 31.8 Å². The number of ether oxygens (including phenoxy) is 1. The molecule has 0 heterocycles. The predicted octanol–water partition coefficient (Wildman–Crippen LogP) is 3.91. The van der Waals surface area contributed by atoms with E-state index in [4.69, 9.17) is 0 Å². The van der Waals surface area contributed by atoms with Gasteiger partial charge in [0.1, 0.15) is 6.10 Å². The van der Waals surface area contributed by atoms with Crippen LogP contribution in [0.5, 0.6) is 0 Å². The SMILES string of the molecule is C=CC(=O)OC(CC1CCCCC1)C(O)(C(F)(F)F)C(F)(F)F. The first-order valence-corrected chi connectivity index (χ1v) is 7.12. The molecule has 0 aliphatic heterocycles. The van der Waals surface area contributed by atoms with Crippen molar-refractivity contribution in [3.05, 3.63) is 12.7 Å². The highest BCUT2D eigenvalue weighted by molar-refractivity contribution is 5.81. The zero-order valence-electron chi connectivity index (χ0n) is 12.2. The van der Waals surface area contributed by atoms with Gasteiger partial charge in [-0.1, -0.05) is 38.7 Å². The van der Waals surface area contributed by atoms with E-state index in [1.165, 1.54) is 0 Å². The highest BCUT2D eigenvalue weighted by Crippen LogP contribution is 2.48. The maximum Gasteiger partial charge on any atom is 0.430 e. The van der Waals surface area contributed by atoms with Crippen LogP contribution in [0.1, 0.15) is 38.5 Å². The Hall–Kier alpha value is -1.25. The van der Waals surface area contributed by atoms with Gasteiger partial charge in [0.25, 0.3) is 5.60 Å². The highest BCUT2D eigenvalue weighted by Gasteiger charge is 2.75. The summed E-state index contributed by atoms with van der Waals surface area (Å²) in [7, 11) is 0. The summed E-state index contributed by atoms with van der Waals surface area (Å²) in [5, 5.41) is 9.46. The first kappa shape index (κ1) is 19.8. The summed E-state index contributed by atoms with van der Waals surface area (Å²) in [5.74, 6) is -1.93. The quantitative estimate of drug-likeness (QED) is 0.466. The van der Waals surface area contributed by atoms with Crippen LogP contribution in [0.25, 0.3) is 0 Å². The maximum atomic E-state index is 13.0. The molecule has 1 unspecified atom stereocenters. The van der Waals surface area contributed by atoms with Gasteiger partial charge in [0.15, 0.2) is 0 Å². The second-order valence-electron chi connectivity index (χ2n) is 5.63. The first-order valence-electron chi connectivity index (χ1n) is 7.12. The number of hydrogen-bond donors (Lipinski definition) is 1. The molecule has 3 nitrogen and oxygen atoms in total. The topological polar surface area (TPSA) is 46.5 Å². The third kappa shape index (κ3) is 4.39. The molecule has 9 heteroatoms. The molecule has 0 bridgehead atoms. The van der Waals surface area contributed by atoms with E-state index in [-0.39, 0.29) is 0 Å². The van der Waals surface area contributed by atoms with E-state index in [0.717, 1.165) is 6.42 Å². The van der Waals surface area contributed by atoms with Gasteiger partial charge in [-0.2, -0.15) is 26.3 Å². The number of carbonyl (C=O) groups is 1. The highest BCUT2D eigenvalue weighted by atomic mass is 19.4. The standard InChI is InChI=1S/C14H18F6O3/c1-2-11(21)23-10(8-9-6-4-3-5-7-9)12(22,13(15,16)17)14(18,19)20/h2,9-10,22H,1,3-8H2. The molecule has 0 radical (unpaired) electrons. The van der Waals surface area contributed by atoms with Gasteiger partial charge >= 0.3 is 18.3 Å². The van der Waals surface area contributed by atoms with Gasteiger partial charge < -0.3 is 9.84 Å². The number of aliphatic hydroxyl groups is 1. The van der Waals surface area contributed by atoms with Crippen LogP contribution in [0.3, 0.4) is 0 Å². The van der Waals surface area contributed by atoms with Crippen LogP contribution in [-0.2, 0) is 9.53 Å². The van der Waals surface area contributed by atoms with Crippen LogP contribution in [0.15, 0.2) is 12.7 Å². The van der Waals surface area contributed by atoms with Crippen molar-refractivity contribution >= 4 is 5.97 Å². The molecule has 1 N–H and O–H groups in total. The second-order valence-corrected chi connectivity index (χ2v) is 5.63. The molecular formula is C14H18F6O3. The summed E-state index contributed by atoms with van der Waals surface area (Å²) in [6.45, 7) is 2.95. The predicted molar refractivity (Wildman–Crippen MR) is 68.3 cm³/mol. The molecule has 0 spiro atoms. The molecule has 1 fully saturated rings. The Morgan fingerprint density at radius 3 is 2.00 bits per heavy atom. The van der Waals surface area contributed by atoms with Crippen molar-refractivity contribution in [3.8, 4) is 0 Å². The van der Waals surface area contributed by atoms with Gasteiger partial charge in [-0.3, -0.25) is 0 Å². The molecular weight excluding hydrogens is 330 g/mol. The number of carbonyl (C=O) groups excluding carboxylic acids is 1. The largest absolute Gasteiger partial charge is 0.455 e. The van der Waals surface area contributed by atoms with Crippen molar-refractivity contribution in [2.45, 2.75) is 62.6 Å². The van der Waals surface area contributed by atoms with Crippen LogP contribution < -0.4 is 0 Å². The summed E-state index contributed by atoms with van der Waals surface area (Å²) < 4.78 is 82.1. The Balaban J connectivity index is 3.16. The normalized spacial score (nSPS) is 19.3. The molecule has 0 aromatic carbocycles. The van der Waals surface area contributed by atoms with Crippen molar-refractivity contribution in [2.75, 3.05) is 0 Å². The third-order valence-electron chi connectivity index (χ3n) is 4.03. The summed E-state index contributed by atoms with van der Waals surface area (Å²) >= 11 is 0. The number of esters is 1. The van der Waals surface area contributed by atoms with Gasteiger partial charge in [-0.05, 0) is 12.3 Å². The lowest BCUT2D eigenvalue weighted by Gasteiger charge is -2.39. The number of rotatable bonds is 5. The number of halogens is 6. The Labute approximate surface area is 129 Å². The smallest absolute Gasteiger partial charge is 0.430 e. The van der Waals surface area contributed by atoms with Crippen molar-refractivity contribution in [1.29, 1.82) is 0 Å². The summed E-state index contributed by atoms with van der Waals surface area (Å²) in [4.78, 5) is 11.2. The van der Waals surface area contributed by atoms with Gasteiger partial charge in [0, 0.05) is 6.08 Å². The third-order valence-corrected chi connectivity index (χ3v) is 4.03. The molecule has 1 rings (SSSR count). The van der Waals surface area contributed by atoms with E-state index >= 15 is 0 Å². The molecule has 1 saturated carbocycles. The molecule has 0 amide bonds. The van der Waals surface area contributed by atoms with Crippen LogP contribution in [0.4, 0.5) is 26.3 Å². The number of hydrogen-bond acceptors (Lipinski definition) is 3. The second kappa shape index (κ2) is 7.11. The average molecular weight is 348 g/mol. The zero-order valence-corrected chi connectivity index (χ0v) is 12.2. The van der Waals surface area contributed by atoms with E-state index in [2.05, 4.69) is 11.3 Å². The number of alkyl halides is 6. The summed E-state index contributed by atoms with van der Waals surface area (Å²) in [6.07, 6.45) is -12.1. The minimum atomic E-state index is -6.04. The maximum absolute atomic E-state index is 13.0. The van der Waals surface area contributed by atoms with Crippen molar-refractivity contribution < 1.29 is 41.0 Å². The molecule has 1 aliphatic rings. The van der Waals surface area contributed by atoms with Gasteiger partial charge in [-0.25, -0.2) is 4.79 Å². The van der Waals surface area contributed by atoms with Gasteiger partial charge in [-0.15, -0.1) is 0 Å². The van der Waals surface area contributed by atoms with E-state index < -0.39 is 42.4 Å². The minimum absolute atomic E-state index is 0.425. The zero-order chi connectivity index (χ0) is 17.9. The molecule has 134 valence electrons. The molecule has 1 atom stereocenters. The van der Waals surface area contributed by atoms with Crippen molar-refractivity contribution in [2.24, 2.45) is 5.92 Å². The fourth-order valence-corrected chi connectivity index (χ4v) is 2.74. The van der Waals surface area contributed by atoms with E-state index in [9.17, 15) is 36.2 Å². The molecule has 1 aliphatic carbocycles. The Morgan fingerprint density at radius 2 is 1.61 bits per heavy atom. The first-order chi connectivity index (χ1) is 10.4. The minimum Gasteiger partial charge on any atom is -0.455 e. The average Bonchev–Trinajstić information content (AvgIpc) is 2.44. The lowest BCUT2D eigenvalue weighted by Crippen LogP contribution is -2.65. The van der Waals surface area contributed by atoms with Crippen LogP contribution in [-0.4, -0.2) is 35.1 Å². The Bertz CT molecular complexity index is 409. The molecule has 23 heavy (non-hydrogen) atoms. The van der Waals surface area contributed by atoms with Crippen LogP contribution in [0.2, 0.25) is 0 Å². The molecule has 0 aromatic heterocycles. The van der Waals surface area contributed by atoms with E-state index in [1.807, 2.05) is 0 Å². The Morgan fingerprint density at radius 1 is 1.13 bits per heavy atom. The lowest BCUT2D eigenvalue weighted by molar-refractivity contribution is -0.392. The fraction of sp³-hybridized carbons (Fsp3) is 0.786. The molecule has 0 aromatic rings. The Kier molecular flexibility index (Phi) is 6.12. The van der Waals surface area contributed by atoms with Crippen LogP contribution in [0, 0.1) is 5.92 Å². The van der Waals surface area contributed by atoms with Crippen LogP contribution >= 0.6 is 0 Å². The van der Waals surface area contributed by atoms with E-state index in [1.54, 1.807) is 0 Å². The lowest BCUT2D eigenvalue weighted by atomic mass is 9.80. The summed E-state index contributed by atoms with van der Waals surface area (Å²) in [6, 6.07) is 0. The monoisotopic (exact) mass is 348 g/mol. The van der Waals surface area contributed by atoms with Crippen molar-refractivity contribution in [3.63, 3.8) is 0 Å². The van der Waals surface area contributed by atoms with Gasteiger partial charge in [0.05, 0.1) is 0 Å². The fourth-order valence-electron chi connectivity index (χ4n) is 2.74.